The largest absolute Gasteiger partial charge is 0.337 e. The maximum atomic E-state index is 14.3. The smallest absolute Gasteiger partial charge is 0.266 e. The molecule has 27 heavy (non-hydrogen) atoms. The van der Waals surface area contributed by atoms with Crippen molar-refractivity contribution >= 4 is 21.5 Å². The Bertz CT molecular complexity index is 938. The quantitative estimate of drug-likeness (QED) is 0.714. The molecule has 1 saturated heterocycles. The Labute approximate surface area is 157 Å². The van der Waals surface area contributed by atoms with E-state index in [4.69, 9.17) is 9.93 Å². The van der Waals surface area contributed by atoms with E-state index >= 15 is 0 Å². The first kappa shape index (κ1) is 19.4. The van der Waals surface area contributed by atoms with Crippen LogP contribution in [-0.4, -0.2) is 56.7 Å². The van der Waals surface area contributed by atoms with E-state index in [0.717, 1.165) is 38.5 Å². The molecule has 1 aromatic heterocycles. The van der Waals surface area contributed by atoms with Gasteiger partial charge in [-0.3, -0.25) is 0 Å². The Hall–Kier alpha value is -2.33. The molecular formula is C17H22FN5O3S. The zero-order valence-electron chi connectivity index (χ0n) is 15.2. The van der Waals surface area contributed by atoms with Gasteiger partial charge in [0.1, 0.15) is 5.82 Å². The SMILES string of the molecule is C[C@@H](CC(=N)c1ccc(S(C)(=O)=O)cc1F)c1nc(N2CCNCC2)no1. The number of sulfone groups is 1. The van der Waals surface area contributed by atoms with Crippen molar-refractivity contribution in [2.45, 2.75) is 24.2 Å². The van der Waals surface area contributed by atoms with E-state index in [-0.39, 0.29) is 28.5 Å². The Morgan fingerprint density at radius 1 is 1.41 bits per heavy atom. The van der Waals surface area contributed by atoms with Crippen LogP contribution < -0.4 is 10.2 Å². The molecule has 3 rings (SSSR count). The second-order valence-electron chi connectivity index (χ2n) is 6.67. The number of rotatable bonds is 6. The number of hydrogen-bond acceptors (Lipinski definition) is 8. The normalized spacial score (nSPS) is 16.3. The lowest BCUT2D eigenvalue weighted by molar-refractivity contribution is 0.360. The van der Waals surface area contributed by atoms with Crippen molar-refractivity contribution in [2.75, 3.05) is 37.3 Å². The molecule has 1 aliphatic heterocycles. The lowest BCUT2D eigenvalue weighted by Crippen LogP contribution is -2.44. The van der Waals surface area contributed by atoms with Gasteiger partial charge in [0.25, 0.3) is 5.95 Å². The van der Waals surface area contributed by atoms with Gasteiger partial charge in [0.2, 0.25) is 5.89 Å². The summed E-state index contributed by atoms with van der Waals surface area (Å²) in [5, 5.41) is 15.4. The molecule has 0 aliphatic carbocycles. The minimum Gasteiger partial charge on any atom is -0.337 e. The number of anilines is 1. The first-order valence-electron chi connectivity index (χ1n) is 8.62. The van der Waals surface area contributed by atoms with Crippen LogP contribution in [0.3, 0.4) is 0 Å². The number of piperazine rings is 1. The highest BCUT2D eigenvalue weighted by molar-refractivity contribution is 7.90. The summed E-state index contributed by atoms with van der Waals surface area (Å²) in [5.41, 5.74) is 0.109. The number of benzene rings is 1. The maximum absolute atomic E-state index is 14.3. The highest BCUT2D eigenvalue weighted by Gasteiger charge is 2.22. The number of hydrogen-bond donors (Lipinski definition) is 2. The second-order valence-corrected chi connectivity index (χ2v) is 8.68. The van der Waals surface area contributed by atoms with Crippen molar-refractivity contribution in [3.05, 3.63) is 35.5 Å². The van der Waals surface area contributed by atoms with E-state index in [0.29, 0.717) is 11.8 Å². The van der Waals surface area contributed by atoms with E-state index < -0.39 is 15.7 Å². The van der Waals surface area contributed by atoms with Crippen LogP contribution >= 0.6 is 0 Å². The number of aromatic nitrogens is 2. The van der Waals surface area contributed by atoms with Crippen LogP contribution in [-0.2, 0) is 9.84 Å². The zero-order chi connectivity index (χ0) is 19.6. The molecule has 10 heteroatoms. The molecule has 2 aromatic rings. The summed E-state index contributed by atoms with van der Waals surface area (Å²) in [6.45, 7) is 5.12. The molecule has 0 saturated carbocycles. The number of nitrogens with zero attached hydrogens (tertiary/aromatic N) is 3. The van der Waals surface area contributed by atoms with Gasteiger partial charge in [-0.15, -0.1) is 0 Å². The van der Waals surface area contributed by atoms with Crippen molar-refractivity contribution in [3.63, 3.8) is 0 Å². The van der Waals surface area contributed by atoms with Gasteiger partial charge in [-0.1, -0.05) is 6.92 Å². The highest BCUT2D eigenvalue weighted by Crippen LogP contribution is 2.24. The molecular weight excluding hydrogens is 373 g/mol. The number of nitrogens with one attached hydrogen (secondary N) is 2. The summed E-state index contributed by atoms with van der Waals surface area (Å²) >= 11 is 0. The van der Waals surface area contributed by atoms with Gasteiger partial charge in [-0.2, -0.15) is 4.98 Å². The Morgan fingerprint density at radius 3 is 2.74 bits per heavy atom. The van der Waals surface area contributed by atoms with Crippen LogP contribution in [0.1, 0.15) is 30.7 Å². The van der Waals surface area contributed by atoms with Crippen LogP contribution in [0.5, 0.6) is 0 Å². The minimum absolute atomic E-state index is 0.0435. The third-order valence-corrected chi connectivity index (χ3v) is 5.57. The molecule has 0 amide bonds. The molecule has 1 aromatic carbocycles. The Morgan fingerprint density at radius 2 is 2.11 bits per heavy atom. The van der Waals surface area contributed by atoms with Gasteiger partial charge in [0.15, 0.2) is 9.84 Å². The molecule has 2 N–H and O–H groups in total. The van der Waals surface area contributed by atoms with Crippen molar-refractivity contribution in [1.29, 1.82) is 5.41 Å². The molecule has 0 bridgehead atoms. The molecule has 1 aliphatic rings. The summed E-state index contributed by atoms with van der Waals surface area (Å²) in [4.78, 5) is 6.31. The summed E-state index contributed by atoms with van der Waals surface area (Å²) in [5.74, 6) is -0.0900. The summed E-state index contributed by atoms with van der Waals surface area (Å²) in [7, 11) is -3.49. The van der Waals surface area contributed by atoms with Crippen LogP contribution in [0.4, 0.5) is 10.3 Å². The van der Waals surface area contributed by atoms with Crippen LogP contribution in [0.15, 0.2) is 27.6 Å². The van der Waals surface area contributed by atoms with Gasteiger partial charge in [0.05, 0.1) is 4.90 Å². The van der Waals surface area contributed by atoms with E-state index in [1.54, 1.807) is 0 Å². The monoisotopic (exact) mass is 395 g/mol. The van der Waals surface area contributed by atoms with Crippen molar-refractivity contribution < 1.29 is 17.3 Å². The maximum Gasteiger partial charge on any atom is 0.266 e. The Balaban J connectivity index is 1.70. The third-order valence-electron chi connectivity index (χ3n) is 4.46. The van der Waals surface area contributed by atoms with E-state index in [1.165, 1.54) is 12.1 Å². The van der Waals surface area contributed by atoms with Crippen LogP contribution in [0, 0.1) is 11.2 Å². The van der Waals surface area contributed by atoms with Gasteiger partial charge >= 0.3 is 0 Å². The Kier molecular flexibility index (Phi) is 5.56. The van der Waals surface area contributed by atoms with Crippen molar-refractivity contribution in [2.24, 2.45) is 0 Å². The predicted molar refractivity (Wildman–Crippen MR) is 98.8 cm³/mol. The van der Waals surface area contributed by atoms with Gasteiger partial charge in [-0.05, 0) is 23.4 Å². The fourth-order valence-electron chi connectivity index (χ4n) is 2.90. The van der Waals surface area contributed by atoms with Crippen molar-refractivity contribution in [3.8, 4) is 0 Å². The molecule has 0 spiro atoms. The first-order valence-corrected chi connectivity index (χ1v) is 10.5. The first-order chi connectivity index (χ1) is 12.8. The summed E-state index contributed by atoms with van der Waals surface area (Å²) in [6.07, 6.45) is 1.21. The average molecular weight is 395 g/mol. The summed E-state index contributed by atoms with van der Waals surface area (Å²) < 4.78 is 42.6. The molecule has 2 heterocycles. The standard InChI is InChI=1S/C17H22FN5O3S/c1-11(16-21-17(22-26-16)23-7-5-20-6-8-23)9-15(19)13-4-3-12(10-14(13)18)27(2,24)25/h3-4,10-11,19-20H,5-9H2,1-2H3/t11-/m0/s1. The van der Waals surface area contributed by atoms with Crippen LogP contribution in [0.2, 0.25) is 0 Å². The summed E-state index contributed by atoms with van der Waals surface area (Å²) in [6, 6.07) is 3.57. The van der Waals surface area contributed by atoms with E-state index in [9.17, 15) is 12.8 Å². The zero-order valence-corrected chi connectivity index (χ0v) is 16.0. The van der Waals surface area contributed by atoms with Crippen molar-refractivity contribution in [1.82, 2.24) is 15.5 Å². The molecule has 8 nitrogen and oxygen atoms in total. The molecule has 146 valence electrons. The fourth-order valence-corrected chi connectivity index (χ4v) is 3.53. The average Bonchev–Trinajstić information content (AvgIpc) is 3.11. The van der Waals surface area contributed by atoms with E-state index in [1.807, 2.05) is 11.8 Å². The highest BCUT2D eigenvalue weighted by atomic mass is 32.2. The van der Waals surface area contributed by atoms with Crippen LogP contribution in [0.25, 0.3) is 0 Å². The lowest BCUT2D eigenvalue weighted by atomic mass is 9.98. The lowest BCUT2D eigenvalue weighted by Gasteiger charge is -2.25. The van der Waals surface area contributed by atoms with Gasteiger partial charge < -0.3 is 20.1 Å². The third kappa shape index (κ3) is 4.51. The second kappa shape index (κ2) is 7.73. The van der Waals surface area contributed by atoms with Gasteiger partial charge in [0, 0.05) is 56.0 Å². The molecule has 0 unspecified atom stereocenters. The predicted octanol–water partition coefficient (Wildman–Crippen LogP) is 1.58. The fraction of sp³-hybridized carbons (Fsp3) is 0.471. The van der Waals surface area contributed by atoms with E-state index in [2.05, 4.69) is 15.5 Å². The molecule has 0 radical (unpaired) electrons. The number of halogens is 1. The topological polar surface area (TPSA) is 112 Å². The molecule has 1 atom stereocenters. The minimum atomic E-state index is -3.49. The molecule has 1 fully saturated rings. The van der Waals surface area contributed by atoms with Gasteiger partial charge in [-0.25, -0.2) is 12.8 Å².